The highest BCUT2D eigenvalue weighted by molar-refractivity contribution is 6.89. The fourth-order valence-corrected chi connectivity index (χ4v) is 3.05. The number of hydrogen-bond acceptors (Lipinski definition) is 2. The molecule has 15 heavy (non-hydrogen) atoms. The number of carbonyl (C=O) groups excluding carboxylic acids is 1. The van der Waals surface area contributed by atoms with Crippen molar-refractivity contribution in [3.8, 4) is 0 Å². The van der Waals surface area contributed by atoms with Gasteiger partial charge in [-0.3, -0.25) is 0 Å². The molecule has 1 aromatic carbocycles. The zero-order valence-corrected chi connectivity index (χ0v) is 10.2. The Balaban J connectivity index is 2.67. The number of rotatable bonds is 4. The molecular weight excluding hydrogens is 204 g/mol. The third-order valence-electron chi connectivity index (χ3n) is 2.30. The molecule has 0 amide bonds. The van der Waals surface area contributed by atoms with Crippen LogP contribution in [0.5, 0.6) is 0 Å². The maximum atomic E-state index is 11.0. The zero-order valence-electron chi connectivity index (χ0n) is 9.19. The third-order valence-corrected chi connectivity index (χ3v) is 5.06. The zero-order chi connectivity index (χ0) is 11.3. The molecule has 0 saturated heterocycles. The van der Waals surface area contributed by atoms with Crippen LogP contribution in [0.1, 0.15) is 0 Å². The topological polar surface area (TPSA) is 26.3 Å². The summed E-state index contributed by atoms with van der Waals surface area (Å²) in [7, 11) is -1.65. The van der Waals surface area contributed by atoms with E-state index in [1.165, 1.54) is 11.3 Å². The second kappa shape index (κ2) is 4.93. The van der Waals surface area contributed by atoms with Crippen molar-refractivity contribution in [2.75, 3.05) is 6.23 Å². The van der Waals surface area contributed by atoms with Gasteiger partial charge in [0, 0.05) is 6.08 Å². The van der Waals surface area contributed by atoms with E-state index in [4.69, 9.17) is 4.74 Å². The van der Waals surface area contributed by atoms with Crippen LogP contribution in [0.25, 0.3) is 0 Å². The van der Waals surface area contributed by atoms with Crippen LogP contribution in [0.15, 0.2) is 43.0 Å². The van der Waals surface area contributed by atoms with Crippen LogP contribution in [-0.4, -0.2) is 20.3 Å². The standard InChI is InChI=1S/C12H16O2Si/c1-4-12(13)14-10-15(2,3)11-8-6-5-7-9-11/h4-9H,1,10H2,2-3H3. The summed E-state index contributed by atoms with van der Waals surface area (Å²) in [6, 6.07) is 10.2. The van der Waals surface area contributed by atoms with Gasteiger partial charge in [-0.05, 0) is 0 Å². The molecule has 0 N–H and O–H groups in total. The Kier molecular flexibility index (Phi) is 3.86. The van der Waals surface area contributed by atoms with Crippen molar-refractivity contribution in [1.82, 2.24) is 0 Å². The molecule has 0 bridgehead atoms. The summed E-state index contributed by atoms with van der Waals surface area (Å²) in [5.41, 5.74) is 0. The summed E-state index contributed by atoms with van der Waals surface area (Å²) in [6.45, 7) is 7.73. The van der Waals surface area contributed by atoms with Crippen LogP contribution in [0.4, 0.5) is 0 Å². The number of esters is 1. The molecule has 0 spiro atoms. The monoisotopic (exact) mass is 220 g/mol. The second-order valence-corrected chi connectivity index (χ2v) is 8.70. The fourth-order valence-electron chi connectivity index (χ4n) is 1.28. The van der Waals surface area contributed by atoms with E-state index in [0.29, 0.717) is 6.23 Å². The summed E-state index contributed by atoms with van der Waals surface area (Å²) in [5.74, 6) is -0.341. The maximum absolute atomic E-state index is 11.0. The molecule has 0 heterocycles. The van der Waals surface area contributed by atoms with Gasteiger partial charge in [-0.25, -0.2) is 4.79 Å². The molecule has 2 nitrogen and oxygen atoms in total. The molecule has 80 valence electrons. The lowest BCUT2D eigenvalue weighted by atomic mass is 10.4. The van der Waals surface area contributed by atoms with Gasteiger partial charge in [-0.1, -0.05) is 55.2 Å². The van der Waals surface area contributed by atoms with Gasteiger partial charge < -0.3 is 4.74 Å². The molecule has 1 aromatic rings. The number of hydrogen-bond donors (Lipinski definition) is 0. The maximum Gasteiger partial charge on any atom is 0.329 e. The molecule has 0 atom stereocenters. The first kappa shape index (κ1) is 11.7. The Bertz CT molecular complexity index is 344. The van der Waals surface area contributed by atoms with E-state index < -0.39 is 8.07 Å². The van der Waals surface area contributed by atoms with Crippen LogP contribution >= 0.6 is 0 Å². The summed E-state index contributed by atoms with van der Waals surface area (Å²) in [4.78, 5) is 11.0. The van der Waals surface area contributed by atoms with Gasteiger partial charge in [0.25, 0.3) is 0 Å². The van der Waals surface area contributed by atoms with E-state index in [1.54, 1.807) is 0 Å². The Morgan fingerprint density at radius 2 is 2.00 bits per heavy atom. The minimum absolute atomic E-state index is 0.341. The lowest BCUT2D eigenvalue weighted by Gasteiger charge is -2.21. The Morgan fingerprint density at radius 3 is 2.53 bits per heavy atom. The molecule has 0 aromatic heterocycles. The Labute approximate surface area is 91.6 Å². The molecular formula is C12H16O2Si. The highest BCUT2D eigenvalue weighted by Crippen LogP contribution is 2.04. The van der Waals surface area contributed by atoms with Crippen molar-refractivity contribution in [3.63, 3.8) is 0 Å². The molecule has 1 rings (SSSR count). The van der Waals surface area contributed by atoms with Crippen molar-refractivity contribution in [1.29, 1.82) is 0 Å². The van der Waals surface area contributed by atoms with Crippen LogP contribution in [-0.2, 0) is 9.53 Å². The van der Waals surface area contributed by atoms with Crippen LogP contribution < -0.4 is 5.19 Å². The second-order valence-electron chi connectivity index (χ2n) is 4.06. The Morgan fingerprint density at radius 1 is 1.40 bits per heavy atom. The van der Waals surface area contributed by atoms with Crippen LogP contribution in [0.2, 0.25) is 13.1 Å². The van der Waals surface area contributed by atoms with Gasteiger partial charge in [0.15, 0.2) is 0 Å². The Hall–Kier alpha value is -1.35. The first-order chi connectivity index (χ1) is 7.06. The van der Waals surface area contributed by atoms with Crippen LogP contribution in [0, 0.1) is 0 Å². The average Bonchev–Trinajstić information content (AvgIpc) is 2.27. The van der Waals surface area contributed by atoms with Crippen molar-refractivity contribution in [2.45, 2.75) is 13.1 Å². The smallest absolute Gasteiger partial charge is 0.329 e. The summed E-state index contributed by atoms with van der Waals surface area (Å²) in [6.07, 6.45) is 1.71. The van der Waals surface area contributed by atoms with Gasteiger partial charge in [-0.15, -0.1) is 0 Å². The minimum atomic E-state index is -1.65. The van der Waals surface area contributed by atoms with E-state index in [2.05, 4.69) is 31.8 Å². The van der Waals surface area contributed by atoms with Crippen molar-refractivity contribution >= 4 is 19.2 Å². The first-order valence-corrected chi connectivity index (χ1v) is 8.12. The average molecular weight is 220 g/mol. The fraction of sp³-hybridized carbons (Fsp3) is 0.250. The van der Waals surface area contributed by atoms with Crippen molar-refractivity contribution in [2.24, 2.45) is 0 Å². The van der Waals surface area contributed by atoms with Gasteiger partial charge >= 0.3 is 5.97 Å². The lowest BCUT2D eigenvalue weighted by molar-refractivity contribution is -0.135. The van der Waals surface area contributed by atoms with Crippen molar-refractivity contribution < 1.29 is 9.53 Å². The summed E-state index contributed by atoms with van der Waals surface area (Å²) in [5, 5.41) is 1.29. The predicted molar refractivity (Wildman–Crippen MR) is 64.7 cm³/mol. The molecule has 3 heteroatoms. The van der Waals surface area contributed by atoms with E-state index in [-0.39, 0.29) is 5.97 Å². The third kappa shape index (κ3) is 3.36. The SMILES string of the molecule is C=CC(=O)OC[Si](C)(C)c1ccccc1. The van der Waals surface area contributed by atoms with E-state index in [0.717, 1.165) is 0 Å². The molecule has 0 radical (unpaired) electrons. The highest BCUT2D eigenvalue weighted by Gasteiger charge is 2.24. The number of benzene rings is 1. The van der Waals surface area contributed by atoms with Crippen LogP contribution in [0.3, 0.4) is 0 Å². The predicted octanol–water partition coefficient (Wildman–Crippen LogP) is 1.87. The quantitative estimate of drug-likeness (QED) is 0.440. The summed E-state index contributed by atoms with van der Waals surface area (Å²) < 4.78 is 5.12. The summed E-state index contributed by atoms with van der Waals surface area (Å²) >= 11 is 0. The van der Waals surface area contributed by atoms with E-state index >= 15 is 0 Å². The molecule has 0 aliphatic rings. The number of carbonyl (C=O) groups is 1. The van der Waals surface area contributed by atoms with Gasteiger partial charge in [-0.2, -0.15) is 0 Å². The molecule has 0 unspecified atom stereocenters. The largest absolute Gasteiger partial charge is 0.466 e. The first-order valence-electron chi connectivity index (χ1n) is 4.91. The minimum Gasteiger partial charge on any atom is -0.466 e. The normalized spacial score (nSPS) is 10.8. The number of ether oxygens (including phenoxy) is 1. The molecule has 0 aliphatic carbocycles. The van der Waals surface area contributed by atoms with Gasteiger partial charge in [0.2, 0.25) is 0 Å². The molecule has 0 saturated carbocycles. The van der Waals surface area contributed by atoms with E-state index in [1.807, 2.05) is 18.2 Å². The van der Waals surface area contributed by atoms with Crippen molar-refractivity contribution in [3.05, 3.63) is 43.0 Å². The highest BCUT2D eigenvalue weighted by atomic mass is 28.3. The van der Waals surface area contributed by atoms with Gasteiger partial charge in [0.05, 0.1) is 6.23 Å². The molecule has 0 aliphatic heterocycles. The van der Waals surface area contributed by atoms with E-state index in [9.17, 15) is 4.79 Å². The van der Waals surface area contributed by atoms with Gasteiger partial charge in [0.1, 0.15) is 8.07 Å². The lowest BCUT2D eigenvalue weighted by Crippen LogP contribution is -2.46. The molecule has 0 fully saturated rings.